The summed E-state index contributed by atoms with van der Waals surface area (Å²) in [6.07, 6.45) is 1.64. The first-order chi connectivity index (χ1) is 8.02. The Kier molecular flexibility index (Phi) is 5.10. The van der Waals surface area contributed by atoms with Crippen molar-refractivity contribution >= 4 is 0 Å². The zero-order chi connectivity index (χ0) is 12.8. The van der Waals surface area contributed by atoms with Crippen LogP contribution in [0, 0.1) is 11.6 Å². The summed E-state index contributed by atoms with van der Waals surface area (Å²) in [5.41, 5.74) is 0.500. The van der Waals surface area contributed by atoms with Crippen LogP contribution in [0.4, 0.5) is 8.78 Å². The maximum Gasteiger partial charge on any atom is 0.130 e. The first-order valence-corrected chi connectivity index (χ1v) is 5.52. The molecule has 0 heterocycles. The molecule has 0 aliphatic carbocycles. The first kappa shape index (κ1) is 13.6. The highest BCUT2D eigenvalue weighted by molar-refractivity contribution is 5.18. The molecule has 0 bridgehead atoms. The Bertz CT molecular complexity index is 380. The lowest BCUT2D eigenvalue weighted by molar-refractivity contribution is 0.294. The van der Waals surface area contributed by atoms with Crippen molar-refractivity contribution in [2.75, 3.05) is 13.6 Å². The van der Waals surface area contributed by atoms with Crippen molar-refractivity contribution in [1.82, 2.24) is 10.2 Å². The van der Waals surface area contributed by atoms with Crippen LogP contribution in [0.2, 0.25) is 0 Å². The molecule has 0 spiro atoms. The third-order valence-corrected chi connectivity index (χ3v) is 2.44. The van der Waals surface area contributed by atoms with Gasteiger partial charge < -0.3 is 5.32 Å². The highest BCUT2D eigenvalue weighted by Gasteiger charge is 2.09. The van der Waals surface area contributed by atoms with E-state index in [-0.39, 0.29) is 6.04 Å². The molecule has 0 fully saturated rings. The zero-order valence-electron chi connectivity index (χ0n) is 10.2. The van der Waals surface area contributed by atoms with Gasteiger partial charge in [-0.3, -0.25) is 4.90 Å². The molecule has 0 saturated carbocycles. The van der Waals surface area contributed by atoms with Gasteiger partial charge in [-0.2, -0.15) is 0 Å². The summed E-state index contributed by atoms with van der Waals surface area (Å²) in [7, 11) is 1.89. The predicted octanol–water partition coefficient (Wildman–Crippen LogP) is 2.52. The van der Waals surface area contributed by atoms with Crippen LogP contribution < -0.4 is 5.32 Å². The van der Waals surface area contributed by atoms with Crippen LogP contribution in [-0.2, 0) is 6.54 Å². The number of benzene rings is 1. The van der Waals surface area contributed by atoms with Crippen molar-refractivity contribution in [2.24, 2.45) is 0 Å². The minimum atomic E-state index is -0.546. The van der Waals surface area contributed by atoms with E-state index in [2.05, 4.69) is 11.9 Å². The summed E-state index contributed by atoms with van der Waals surface area (Å²) in [6.45, 7) is 6.80. The summed E-state index contributed by atoms with van der Waals surface area (Å²) in [5.74, 6) is -1.04. The standard InChI is InChI=1S/C13H18F2N2/c1-4-16-10(2)8-17(3)9-11-5-6-12(14)7-13(11)15/h4-7,10,16H,1,8-9H2,2-3H3. The molecule has 1 rings (SSSR count). The summed E-state index contributed by atoms with van der Waals surface area (Å²) in [5, 5.41) is 3.05. The van der Waals surface area contributed by atoms with Crippen LogP contribution in [-0.4, -0.2) is 24.5 Å². The molecule has 1 N–H and O–H groups in total. The molecule has 4 heteroatoms. The minimum Gasteiger partial charge on any atom is -0.388 e. The van der Waals surface area contributed by atoms with Crippen molar-refractivity contribution in [3.05, 3.63) is 48.2 Å². The maximum absolute atomic E-state index is 13.4. The van der Waals surface area contributed by atoms with Crippen molar-refractivity contribution < 1.29 is 8.78 Å². The molecular weight excluding hydrogens is 222 g/mol. The van der Waals surface area contributed by atoms with E-state index in [0.717, 1.165) is 12.6 Å². The van der Waals surface area contributed by atoms with Gasteiger partial charge in [0.1, 0.15) is 11.6 Å². The third-order valence-electron chi connectivity index (χ3n) is 2.44. The van der Waals surface area contributed by atoms with Crippen LogP contribution in [0.15, 0.2) is 31.0 Å². The first-order valence-electron chi connectivity index (χ1n) is 5.52. The molecule has 94 valence electrons. The van der Waals surface area contributed by atoms with Gasteiger partial charge in [-0.15, -0.1) is 0 Å². The summed E-state index contributed by atoms with van der Waals surface area (Å²) >= 11 is 0. The summed E-state index contributed by atoms with van der Waals surface area (Å²) in [4.78, 5) is 1.97. The quantitative estimate of drug-likeness (QED) is 0.822. The SMILES string of the molecule is C=CNC(C)CN(C)Cc1ccc(F)cc1F. The smallest absolute Gasteiger partial charge is 0.130 e. The van der Waals surface area contributed by atoms with Crippen molar-refractivity contribution in [1.29, 1.82) is 0 Å². The van der Waals surface area contributed by atoms with Crippen LogP contribution in [0.3, 0.4) is 0 Å². The van der Waals surface area contributed by atoms with Crippen molar-refractivity contribution in [3.63, 3.8) is 0 Å². The van der Waals surface area contributed by atoms with E-state index in [1.807, 2.05) is 18.9 Å². The molecule has 17 heavy (non-hydrogen) atoms. The Morgan fingerprint density at radius 2 is 2.18 bits per heavy atom. The van der Waals surface area contributed by atoms with Gasteiger partial charge in [0.2, 0.25) is 0 Å². The molecule has 1 atom stereocenters. The topological polar surface area (TPSA) is 15.3 Å². The van der Waals surface area contributed by atoms with Crippen molar-refractivity contribution in [2.45, 2.75) is 19.5 Å². The third kappa shape index (κ3) is 4.53. The molecule has 0 aliphatic heterocycles. The lowest BCUT2D eigenvalue weighted by Gasteiger charge is -2.21. The van der Waals surface area contributed by atoms with Crippen LogP contribution >= 0.6 is 0 Å². The van der Waals surface area contributed by atoms with Gasteiger partial charge in [0, 0.05) is 30.8 Å². The fourth-order valence-corrected chi connectivity index (χ4v) is 1.73. The lowest BCUT2D eigenvalue weighted by Crippen LogP contribution is -2.34. The molecule has 0 saturated heterocycles. The second kappa shape index (κ2) is 6.35. The van der Waals surface area contributed by atoms with Gasteiger partial charge in [-0.1, -0.05) is 12.6 Å². The largest absolute Gasteiger partial charge is 0.388 e. The number of hydrogen-bond acceptors (Lipinski definition) is 2. The maximum atomic E-state index is 13.4. The molecule has 0 amide bonds. The van der Waals surface area contributed by atoms with E-state index < -0.39 is 11.6 Å². The van der Waals surface area contributed by atoms with Gasteiger partial charge >= 0.3 is 0 Å². The Morgan fingerprint density at radius 3 is 2.76 bits per heavy atom. The van der Waals surface area contributed by atoms with Crippen LogP contribution in [0.25, 0.3) is 0 Å². The van der Waals surface area contributed by atoms with E-state index in [1.165, 1.54) is 12.1 Å². The Labute approximate surface area is 101 Å². The number of rotatable bonds is 6. The minimum absolute atomic E-state index is 0.237. The van der Waals surface area contributed by atoms with Crippen LogP contribution in [0.1, 0.15) is 12.5 Å². The van der Waals surface area contributed by atoms with Gasteiger partial charge in [0.25, 0.3) is 0 Å². The Hall–Kier alpha value is -1.42. The van der Waals surface area contributed by atoms with Gasteiger partial charge in [-0.25, -0.2) is 8.78 Å². The number of likely N-dealkylation sites (N-methyl/N-ethyl adjacent to an activating group) is 1. The lowest BCUT2D eigenvalue weighted by atomic mass is 10.2. The number of nitrogens with zero attached hydrogens (tertiary/aromatic N) is 1. The second-order valence-corrected chi connectivity index (χ2v) is 4.20. The fourth-order valence-electron chi connectivity index (χ4n) is 1.73. The van der Waals surface area contributed by atoms with Gasteiger partial charge in [0.05, 0.1) is 0 Å². The predicted molar refractivity (Wildman–Crippen MR) is 65.5 cm³/mol. The zero-order valence-corrected chi connectivity index (χ0v) is 10.2. The molecule has 0 aromatic heterocycles. The van der Waals surface area contributed by atoms with E-state index in [4.69, 9.17) is 0 Å². The Morgan fingerprint density at radius 1 is 1.47 bits per heavy atom. The summed E-state index contributed by atoms with van der Waals surface area (Å²) < 4.78 is 26.1. The van der Waals surface area contributed by atoms with Gasteiger partial charge in [-0.05, 0) is 26.2 Å². The highest BCUT2D eigenvalue weighted by atomic mass is 19.1. The monoisotopic (exact) mass is 240 g/mol. The van der Waals surface area contributed by atoms with E-state index in [0.29, 0.717) is 12.1 Å². The normalized spacial score (nSPS) is 12.5. The molecule has 1 aromatic rings. The highest BCUT2D eigenvalue weighted by Crippen LogP contribution is 2.11. The molecule has 0 aliphatic rings. The summed E-state index contributed by atoms with van der Waals surface area (Å²) in [6, 6.07) is 3.90. The van der Waals surface area contributed by atoms with E-state index in [1.54, 1.807) is 6.20 Å². The van der Waals surface area contributed by atoms with Crippen molar-refractivity contribution in [3.8, 4) is 0 Å². The van der Waals surface area contributed by atoms with Crippen LogP contribution in [0.5, 0.6) is 0 Å². The van der Waals surface area contributed by atoms with Gasteiger partial charge in [0.15, 0.2) is 0 Å². The molecular formula is C13H18F2N2. The molecule has 2 nitrogen and oxygen atoms in total. The molecule has 1 aromatic carbocycles. The number of nitrogens with one attached hydrogen (secondary N) is 1. The Balaban J connectivity index is 2.55. The molecule has 0 radical (unpaired) electrons. The average molecular weight is 240 g/mol. The fraction of sp³-hybridized carbons (Fsp3) is 0.385. The molecule has 1 unspecified atom stereocenters. The van der Waals surface area contributed by atoms with E-state index in [9.17, 15) is 8.78 Å². The number of halogens is 2. The number of hydrogen-bond donors (Lipinski definition) is 1. The van der Waals surface area contributed by atoms with E-state index >= 15 is 0 Å². The average Bonchev–Trinajstić information content (AvgIpc) is 2.22. The second-order valence-electron chi connectivity index (χ2n) is 4.20.